The average Bonchev–Trinajstić information content (AvgIpc) is 2.85. The highest BCUT2D eigenvalue weighted by Crippen LogP contribution is 2.43. The first kappa shape index (κ1) is 16.9. The summed E-state index contributed by atoms with van der Waals surface area (Å²) in [5, 5.41) is 0. The third kappa shape index (κ3) is 3.45. The van der Waals surface area contributed by atoms with Gasteiger partial charge in [-0.1, -0.05) is 19.9 Å². The van der Waals surface area contributed by atoms with E-state index in [1.54, 1.807) is 6.07 Å². The fourth-order valence-electron chi connectivity index (χ4n) is 1.98. The molecule has 0 aliphatic carbocycles. The van der Waals surface area contributed by atoms with Crippen molar-refractivity contribution in [3.05, 3.63) is 46.3 Å². The summed E-state index contributed by atoms with van der Waals surface area (Å²) in [6, 6.07) is 4.95. The third-order valence-electron chi connectivity index (χ3n) is 3.11. The van der Waals surface area contributed by atoms with Gasteiger partial charge in [0.05, 0.1) is 11.1 Å². The van der Waals surface area contributed by atoms with Crippen molar-refractivity contribution in [1.29, 1.82) is 0 Å². The molecule has 22 heavy (non-hydrogen) atoms. The van der Waals surface area contributed by atoms with E-state index in [2.05, 4.69) is 0 Å². The molecule has 0 radical (unpaired) electrons. The van der Waals surface area contributed by atoms with Gasteiger partial charge in [0.1, 0.15) is 0 Å². The van der Waals surface area contributed by atoms with Crippen LogP contribution in [0.2, 0.25) is 0 Å². The quantitative estimate of drug-likeness (QED) is 0.543. The molecule has 0 N–H and O–H groups in total. The number of rotatable bonds is 2. The molecular weight excluding hydrogens is 326 g/mol. The van der Waals surface area contributed by atoms with E-state index in [0.717, 1.165) is 22.3 Å². The van der Waals surface area contributed by atoms with E-state index in [1.165, 1.54) is 6.07 Å². The Morgan fingerprint density at radius 2 is 1.50 bits per heavy atom. The number of hydrogen-bond acceptors (Lipinski definition) is 1. The van der Waals surface area contributed by atoms with Crippen LogP contribution in [0.3, 0.4) is 0 Å². The molecule has 0 fully saturated rings. The van der Waals surface area contributed by atoms with E-state index in [1.807, 2.05) is 13.8 Å². The van der Waals surface area contributed by atoms with E-state index >= 15 is 0 Å². The summed E-state index contributed by atoms with van der Waals surface area (Å²) in [6.07, 6.45) is -9.66. The lowest BCUT2D eigenvalue weighted by molar-refractivity contribution is -0.142. The van der Waals surface area contributed by atoms with Crippen LogP contribution < -0.4 is 0 Å². The van der Waals surface area contributed by atoms with Crippen molar-refractivity contribution in [3.63, 3.8) is 0 Å². The van der Waals surface area contributed by atoms with Gasteiger partial charge in [-0.3, -0.25) is 0 Å². The molecule has 0 aliphatic heterocycles. The van der Waals surface area contributed by atoms with Crippen molar-refractivity contribution < 1.29 is 26.3 Å². The van der Waals surface area contributed by atoms with Crippen LogP contribution in [0.5, 0.6) is 0 Å². The Hall–Kier alpha value is -1.50. The Kier molecular flexibility index (Phi) is 4.30. The summed E-state index contributed by atoms with van der Waals surface area (Å²) in [5.74, 6) is 0.141. The highest BCUT2D eigenvalue weighted by molar-refractivity contribution is 7.15. The predicted molar refractivity (Wildman–Crippen MR) is 73.8 cm³/mol. The molecular formula is C15H12F6S. The van der Waals surface area contributed by atoms with Crippen LogP contribution in [0.15, 0.2) is 30.3 Å². The number of benzene rings is 1. The van der Waals surface area contributed by atoms with Gasteiger partial charge in [0.25, 0.3) is 0 Å². The monoisotopic (exact) mass is 338 g/mol. The number of hydrogen-bond donors (Lipinski definition) is 0. The van der Waals surface area contributed by atoms with Gasteiger partial charge in [0, 0.05) is 15.3 Å². The maximum atomic E-state index is 13.1. The molecule has 0 aliphatic rings. The maximum absolute atomic E-state index is 13.1. The molecule has 1 aromatic heterocycles. The van der Waals surface area contributed by atoms with E-state index < -0.39 is 23.5 Å². The zero-order valence-electron chi connectivity index (χ0n) is 11.6. The molecule has 0 amide bonds. The standard InChI is InChI=1S/C15H12F6S/c1-8(2)12-5-6-13(22-12)10-4-3-9(14(16,17)18)7-11(10)15(19,20)21/h3-8H,1-2H3. The number of alkyl halides is 6. The summed E-state index contributed by atoms with van der Waals surface area (Å²) in [6.45, 7) is 3.79. The Morgan fingerprint density at radius 1 is 0.864 bits per heavy atom. The van der Waals surface area contributed by atoms with Gasteiger partial charge >= 0.3 is 12.4 Å². The first-order chi connectivity index (χ1) is 10.00. The van der Waals surface area contributed by atoms with Crippen molar-refractivity contribution in [2.24, 2.45) is 0 Å². The van der Waals surface area contributed by atoms with Gasteiger partial charge in [-0.05, 0) is 30.2 Å². The fraction of sp³-hybridized carbons (Fsp3) is 0.333. The molecule has 1 aromatic carbocycles. The third-order valence-corrected chi connectivity index (χ3v) is 4.53. The van der Waals surface area contributed by atoms with Crippen molar-refractivity contribution in [3.8, 4) is 10.4 Å². The first-order valence-corrected chi connectivity index (χ1v) is 7.20. The molecule has 0 bridgehead atoms. The largest absolute Gasteiger partial charge is 0.417 e. The topological polar surface area (TPSA) is 0 Å². The molecule has 2 rings (SSSR count). The van der Waals surface area contributed by atoms with Crippen LogP contribution in [0.4, 0.5) is 26.3 Å². The Labute approximate surface area is 127 Å². The van der Waals surface area contributed by atoms with Crippen molar-refractivity contribution in [2.75, 3.05) is 0 Å². The van der Waals surface area contributed by atoms with E-state index in [4.69, 9.17) is 0 Å². The average molecular weight is 338 g/mol. The van der Waals surface area contributed by atoms with Crippen LogP contribution in [-0.4, -0.2) is 0 Å². The smallest absolute Gasteiger partial charge is 0.166 e. The second-order valence-electron chi connectivity index (χ2n) is 5.11. The molecule has 1 heterocycles. The summed E-state index contributed by atoms with van der Waals surface area (Å²) < 4.78 is 77.2. The zero-order valence-corrected chi connectivity index (χ0v) is 12.5. The summed E-state index contributed by atoms with van der Waals surface area (Å²) in [7, 11) is 0. The molecule has 0 saturated heterocycles. The normalized spacial score (nSPS) is 13.0. The molecule has 120 valence electrons. The SMILES string of the molecule is CC(C)c1ccc(-c2ccc(C(F)(F)F)cc2C(F)(F)F)s1. The fourth-order valence-corrected chi connectivity index (χ4v) is 3.03. The zero-order chi connectivity index (χ0) is 16.7. The summed E-state index contributed by atoms with van der Waals surface area (Å²) >= 11 is 1.16. The first-order valence-electron chi connectivity index (χ1n) is 6.38. The van der Waals surface area contributed by atoms with E-state index in [0.29, 0.717) is 10.9 Å². The summed E-state index contributed by atoms with van der Waals surface area (Å²) in [4.78, 5) is 1.19. The van der Waals surface area contributed by atoms with Crippen LogP contribution >= 0.6 is 11.3 Å². The second-order valence-corrected chi connectivity index (χ2v) is 6.23. The Morgan fingerprint density at radius 3 is 1.95 bits per heavy atom. The highest BCUT2D eigenvalue weighted by atomic mass is 32.1. The van der Waals surface area contributed by atoms with Crippen LogP contribution in [-0.2, 0) is 12.4 Å². The van der Waals surface area contributed by atoms with E-state index in [9.17, 15) is 26.3 Å². The Balaban J connectivity index is 2.60. The van der Waals surface area contributed by atoms with Gasteiger partial charge in [0.2, 0.25) is 0 Å². The van der Waals surface area contributed by atoms with Crippen LogP contribution in [0.25, 0.3) is 10.4 Å². The molecule has 0 unspecified atom stereocenters. The minimum atomic E-state index is -4.85. The highest BCUT2D eigenvalue weighted by Gasteiger charge is 2.38. The van der Waals surface area contributed by atoms with Gasteiger partial charge in [-0.25, -0.2) is 0 Å². The molecule has 0 nitrogen and oxygen atoms in total. The van der Waals surface area contributed by atoms with Crippen molar-refractivity contribution in [2.45, 2.75) is 32.1 Å². The lowest BCUT2D eigenvalue weighted by Gasteiger charge is -2.15. The van der Waals surface area contributed by atoms with Gasteiger partial charge in [0.15, 0.2) is 0 Å². The van der Waals surface area contributed by atoms with Gasteiger partial charge < -0.3 is 0 Å². The molecule has 7 heteroatoms. The number of halogens is 6. The van der Waals surface area contributed by atoms with Crippen molar-refractivity contribution >= 4 is 11.3 Å². The lowest BCUT2D eigenvalue weighted by atomic mass is 10.0. The molecule has 0 atom stereocenters. The van der Waals surface area contributed by atoms with E-state index in [-0.39, 0.29) is 17.5 Å². The van der Waals surface area contributed by atoms with Gasteiger partial charge in [-0.2, -0.15) is 26.3 Å². The van der Waals surface area contributed by atoms with Crippen LogP contribution in [0.1, 0.15) is 35.8 Å². The second kappa shape index (κ2) is 5.61. The minimum Gasteiger partial charge on any atom is -0.166 e. The molecule has 0 spiro atoms. The maximum Gasteiger partial charge on any atom is 0.417 e. The molecule has 0 saturated carbocycles. The van der Waals surface area contributed by atoms with Gasteiger partial charge in [-0.15, -0.1) is 11.3 Å². The van der Waals surface area contributed by atoms with Crippen molar-refractivity contribution in [1.82, 2.24) is 0 Å². The number of thiophene rings is 1. The van der Waals surface area contributed by atoms with Crippen LogP contribution in [0, 0.1) is 0 Å². The summed E-state index contributed by atoms with van der Waals surface area (Å²) in [5.41, 5.74) is -2.79. The minimum absolute atomic E-state index is 0.141. The Bertz CT molecular complexity index is 663. The lowest BCUT2D eigenvalue weighted by Crippen LogP contribution is -2.11. The predicted octanol–water partition coefficient (Wildman–Crippen LogP) is 6.58. The molecule has 2 aromatic rings.